The Balaban J connectivity index is 2.43. The van der Waals surface area contributed by atoms with Crippen LogP contribution < -0.4 is 4.74 Å². The third-order valence-electron chi connectivity index (χ3n) is 1.68. The number of ether oxygens (including phenoxy) is 1. The standard InChI is InChI=1S/C13H14O2/c1-2-3-4-8-11-13(14)15-12-9-6-5-7-10-12/h3-11H,2H2,1H3/b4-3+,11-8+. The monoisotopic (exact) mass is 202 g/mol. The van der Waals surface area contributed by atoms with Crippen LogP contribution in [-0.2, 0) is 4.79 Å². The van der Waals surface area contributed by atoms with Crippen LogP contribution in [0, 0.1) is 0 Å². The van der Waals surface area contributed by atoms with Crippen LogP contribution in [-0.4, -0.2) is 5.97 Å². The van der Waals surface area contributed by atoms with Crippen LogP contribution >= 0.6 is 0 Å². The summed E-state index contributed by atoms with van der Waals surface area (Å²) < 4.78 is 5.03. The Bertz CT molecular complexity index is 350. The highest BCUT2D eigenvalue weighted by molar-refractivity contribution is 5.84. The Morgan fingerprint density at radius 2 is 2.00 bits per heavy atom. The van der Waals surface area contributed by atoms with E-state index >= 15 is 0 Å². The molecule has 1 aromatic rings. The van der Waals surface area contributed by atoms with Crippen LogP contribution in [0.1, 0.15) is 13.3 Å². The van der Waals surface area contributed by atoms with Crippen molar-refractivity contribution in [3.8, 4) is 5.75 Å². The predicted molar refractivity (Wildman–Crippen MR) is 60.6 cm³/mol. The molecule has 0 heterocycles. The molecule has 0 fully saturated rings. The van der Waals surface area contributed by atoms with Gasteiger partial charge in [0.05, 0.1) is 0 Å². The summed E-state index contributed by atoms with van der Waals surface area (Å²) in [5.74, 6) is 0.202. The third-order valence-corrected chi connectivity index (χ3v) is 1.68. The minimum Gasteiger partial charge on any atom is -0.423 e. The molecule has 0 spiro atoms. The number of hydrogen-bond donors (Lipinski definition) is 0. The summed E-state index contributed by atoms with van der Waals surface area (Å²) in [7, 11) is 0. The maximum Gasteiger partial charge on any atom is 0.336 e. The topological polar surface area (TPSA) is 26.3 Å². The number of benzene rings is 1. The number of para-hydroxylation sites is 1. The Morgan fingerprint density at radius 3 is 2.67 bits per heavy atom. The Morgan fingerprint density at radius 1 is 1.27 bits per heavy atom. The Labute approximate surface area is 89.9 Å². The fourth-order valence-corrected chi connectivity index (χ4v) is 0.987. The number of hydrogen-bond acceptors (Lipinski definition) is 2. The minimum atomic E-state index is -0.359. The zero-order chi connectivity index (χ0) is 10.9. The maximum absolute atomic E-state index is 11.2. The molecule has 2 nitrogen and oxygen atoms in total. The van der Waals surface area contributed by atoms with Gasteiger partial charge in [0.25, 0.3) is 0 Å². The summed E-state index contributed by atoms with van der Waals surface area (Å²) >= 11 is 0. The molecule has 78 valence electrons. The molecule has 0 saturated carbocycles. The van der Waals surface area contributed by atoms with E-state index in [-0.39, 0.29) is 5.97 Å². The molecule has 1 rings (SSSR count). The van der Waals surface area contributed by atoms with Crippen molar-refractivity contribution in [3.05, 3.63) is 54.6 Å². The van der Waals surface area contributed by atoms with Crippen molar-refractivity contribution in [2.24, 2.45) is 0 Å². The van der Waals surface area contributed by atoms with E-state index in [1.54, 1.807) is 18.2 Å². The Kier molecular flexibility index (Phi) is 4.95. The van der Waals surface area contributed by atoms with E-state index in [1.165, 1.54) is 6.08 Å². The minimum absolute atomic E-state index is 0.359. The highest BCUT2D eigenvalue weighted by atomic mass is 16.5. The molecule has 0 atom stereocenters. The zero-order valence-corrected chi connectivity index (χ0v) is 8.72. The molecule has 0 aliphatic heterocycles. The average molecular weight is 202 g/mol. The molecule has 0 radical (unpaired) electrons. The molecule has 1 aromatic carbocycles. The van der Waals surface area contributed by atoms with Gasteiger partial charge in [-0.05, 0) is 18.6 Å². The second-order valence-electron chi connectivity index (χ2n) is 2.93. The summed E-state index contributed by atoms with van der Waals surface area (Å²) in [6.45, 7) is 2.03. The molecule has 15 heavy (non-hydrogen) atoms. The lowest BCUT2D eigenvalue weighted by Gasteiger charge is -1.98. The van der Waals surface area contributed by atoms with Crippen LogP contribution in [0.15, 0.2) is 54.6 Å². The van der Waals surface area contributed by atoms with Gasteiger partial charge in [-0.25, -0.2) is 4.79 Å². The molecular formula is C13H14O2. The molecule has 0 unspecified atom stereocenters. The van der Waals surface area contributed by atoms with Crippen molar-refractivity contribution in [2.45, 2.75) is 13.3 Å². The van der Waals surface area contributed by atoms with Crippen LogP contribution in [0.3, 0.4) is 0 Å². The van der Waals surface area contributed by atoms with Crippen LogP contribution in [0.4, 0.5) is 0 Å². The molecule has 2 heteroatoms. The van der Waals surface area contributed by atoms with E-state index in [1.807, 2.05) is 37.3 Å². The van der Waals surface area contributed by atoms with Crippen molar-refractivity contribution in [3.63, 3.8) is 0 Å². The summed E-state index contributed by atoms with van der Waals surface area (Å²) in [4.78, 5) is 11.2. The molecule has 0 aliphatic rings. The quantitative estimate of drug-likeness (QED) is 0.324. The van der Waals surface area contributed by atoms with Crippen molar-refractivity contribution >= 4 is 5.97 Å². The highest BCUT2D eigenvalue weighted by Gasteiger charge is 1.97. The number of rotatable bonds is 4. The second-order valence-corrected chi connectivity index (χ2v) is 2.93. The number of carbonyl (C=O) groups excluding carboxylic acids is 1. The molecule has 0 aliphatic carbocycles. The first-order chi connectivity index (χ1) is 7.33. The SMILES string of the molecule is CC/C=C/C=C/C(=O)Oc1ccccc1. The molecule has 0 N–H and O–H groups in total. The fraction of sp³-hybridized carbons (Fsp3) is 0.154. The summed E-state index contributed by atoms with van der Waals surface area (Å²) in [6.07, 6.45) is 7.82. The maximum atomic E-state index is 11.2. The zero-order valence-electron chi connectivity index (χ0n) is 8.72. The lowest BCUT2D eigenvalue weighted by atomic mass is 10.3. The van der Waals surface area contributed by atoms with E-state index in [9.17, 15) is 4.79 Å². The van der Waals surface area contributed by atoms with Crippen LogP contribution in [0.2, 0.25) is 0 Å². The number of esters is 1. The summed E-state index contributed by atoms with van der Waals surface area (Å²) in [5, 5.41) is 0. The van der Waals surface area contributed by atoms with Crippen molar-refractivity contribution in [1.29, 1.82) is 0 Å². The van der Waals surface area contributed by atoms with Gasteiger partial charge in [-0.15, -0.1) is 0 Å². The van der Waals surface area contributed by atoms with Crippen LogP contribution in [0.5, 0.6) is 5.75 Å². The first-order valence-corrected chi connectivity index (χ1v) is 4.93. The van der Waals surface area contributed by atoms with Gasteiger partial charge in [0.15, 0.2) is 0 Å². The van der Waals surface area contributed by atoms with Gasteiger partial charge in [0.2, 0.25) is 0 Å². The molecular weight excluding hydrogens is 188 g/mol. The molecule has 0 bridgehead atoms. The first-order valence-electron chi connectivity index (χ1n) is 4.93. The lowest BCUT2D eigenvalue weighted by Crippen LogP contribution is -2.02. The largest absolute Gasteiger partial charge is 0.423 e. The van der Waals surface area contributed by atoms with Gasteiger partial charge < -0.3 is 4.74 Å². The van der Waals surface area contributed by atoms with Crippen molar-refractivity contribution in [1.82, 2.24) is 0 Å². The summed E-state index contributed by atoms with van der Waals surface area (Å²) in [5.41, 5.74) is 0. The summed E-state index contributed by atoms with van der Waals surface area (Å²) in [6, 6.07) is 9.00. The van der Waals surface area contributed by atoms with E-state index in [0.29, 0.717) is 5.75 Å². The predicted octanol–water partition coefficient (Wildman–Crippen LogP) is 3.11. The van der Waals surface area contributed by atoms with Crippen molar-refractivity contribution < 1.29 is 9.53 Å². The van der Waals surface area contributed by atoms with Gasteiger partial charge in [-0.2, -0.15) is 0 Å². The second kappa shape index (κ2) is 6.60. The van der Waals surface area contributed by atoms with E-state index in [2.05, 4.69) is 0 Å². The van der Waals surface area contributed by atoms with Crippen LogP contribution in [0.25, 0.3) is 0 Å². The highest BCUT2D eigenvalue weighted by Crippen LogP contribution is 2.08. The smallest absolute Gasteiger partial charge is 0.336 e. The third kappa shape index (κ3) is 4.81. The fourth-order valence-electron chi connectivity index (χ4n) is 0.987. The normalized spacial score (nSPS) is 11.0. The number of carbonyl (C=O) groups is 1. The van der Waals surface area contributed by atoms with Crippen molar-refractivity contribution in [2.75, 3.05) is 0 Å². The Hall–Kier alpha value is -1.83. The first kappa shape index (κ1) is 11.2. The van der Waals surface area contributed by atoms with E-state index < -0.39 is 0 Å². The van der Waals surface area contributed by atoms with Gasteiger partial charge >= 0.3 is 5.97 Å². The van der Waals surface area contributed by atoms with Gasteiger partial charge in [-0.3, -0.25) is 0 Å². The van der Waals surface area contributed by atoms with Gasteiger partial charge in [0, 0.05) is 6.08 Å². The molecule has 0 amide bonds. The lowest BCUT2D eigenvalue weighted by molar-refractivity contribution is -0.128. The average Bonchev–Trinajstić information content (AvgIpc) is 2.26. The van der Waals surface area contributed by atoms with Gasteiger partial charge in [0.1, 0.15) is 5.75 Å². The van der Waals surface area contributed by atoms with E-state index in [0.717, 1.165) is 6.42 Å². The molecule has 0 saturated heterocycles. The van der Waals surface area contributed by atoms with E-state index in [4.69, 9.17) is 4.74 Å². The molecule has 0 aromatic heterocycles. The van der Waals surface area contributed by atoms with Gasteiger partial charge in [-0.1, -0.05) is 43.4 Å². The number of allylic oxidation sites excluding steroid dienone is 3.